The van der Waals surface area contributed by atoms with Gasteiger partial charge in [0.25, 0.3) is 5.56 Å². The van der Waals surface area contributed by atoms with E-state index in [-0.39, 0.29) is 11.6 Å². The topological polar surface area (TPSA) is 96.9 Å². The van der Waals surface area contributed by atoms with Crippen molar-refractivity contribution in [2.24, 2.45) is 0 Å². The standard InChI is InChI=1S/C23H18N4O3/c24-12-18-19-10-5-11-26(19)23(30)27(22(18)29)13-20(28)25-21-16-8-3-1-6-14(16)15-7-2-4-9-17(15)21/h1-4,6-9,21H,5,10-11,13H2,(H,25,28). The van der Waals surface area contributed by atoms with E-state index in [0.717, 1.165) is 26.8 Å². The van der Waals surface area contributed by atoms with Crippen molar-refractivity contribution in [2.45, 2.75) is 32.0 Å². The predicted octanol–water partition coefficient (Wildman–Crippen LogP) is 1.71. The summed E-state index contributed by atoms with van der Waals surface area (Å²) < 4.78 is 2.31. The van der Waals surface area contributed by atoms with E-state index in [9.17, 15) is 19.6 Å². The van der Waals surface area contributed by atoms with Crippen LogP contribution >= 0.6 is 0 Å². The fourth-order valence-electron chi connectivity index (χ4n) is 4.55. The Morgan fingerprint density at radius 2 is 1.70 bits per heavy atom. The predicted molar refractivity (Wildman–Crippen MR) is 110 cm³/mol. The van der Waals surface area contributed by atoms with Gasteiger partial charge in [0.1, 0.15) is 18.2 Å². The first-order chi connectivity index (χ1) is 14.6. The van der Waals surface area contributed by atoms with Crippen LogP contribution in [0.3, 0.4) is 0 Å². The van der Waals surface area contributed by atoms with Crippen molar-refractivity contribution < 1.29 is 4.79 Å². The van der Waals surface area contributed by atoms with Crippen LogP contribution in [0.25, 0.3) is 11.1 Å². The van der Waals surface area contributed by atoms with Crippen molar-refractivity contribution in [3.05, 3.63) is 91.8 Å². The van der Waals surface area contributed by atoms with E-state index >= 15 is 0 Å². The highest BCUT2D eigenvalue weighted by Gasteiger charge is 2.30. The number of hydrogen-bond acceptors (Lipinski definition) is 4. The molecule has 1 N–H and O–H groups in total. The van der Waals surface area contributed by atoms with Crippen LogP contribution in [0.4, 0.5) is 0 Å². The van der Waals surface area contributed by atoms with E-state index < -0.39 is 23.7 Å². The van der Waals surface area contributed by atoms with Gasteiger partial charge in [0.2, 0.25) is 5.91 Å². The van der Waals surface area contributed by atoms with Crippen molar-refractivity contribution in [1.82, 2.24) is 14.5 Å². The summed E-state index contributed by atoms with van der Waals surface area (Å²) in [5, 5.41) is 12.4. The zero-order chi connectivity index (χ0) is 20.8. The van der Waals surface area contributed by atoms with Gasteiger partial charge in [-0.3, -0.25) is 14.2 Å². The maximum Gasteiger partial charge on any atom is 0.331 e. The average Bonchev–Trinajstić information content (AvgIpc) is 3.36. The largest absolute Gasteiger partial charge is 0.344 e. The van der Waals surface area contributed by atoms with Crippen LogP contribution in [0.2, 0.25) is 0 Å². The van der Waals surface area contributed by atoms with Gasteiger partial charge in [-0.2, -0.15) is 5.26 Å². The number of carbonyl (C=O) groups is 1. The summed E-state index contributed by atoms with van der Waals surface area (Å²) in [4.78, 5) is 38.3. The molecule has 0 fully saturated rings. The summed E-state index contributed by atoms with van der Waals surface area (Å²) in [6, 6.07) is 17.2. The molecule has 1 amide bonds. The number of nitrogens with zero attached hydrogens (tertiary/aromatic N) is 3. The molecule has 30 heavy (non-hydrogen) atoms. The third-order valence-electron chi connectivity index (χ3n) is 5.88. The zero-order valence-corrected chi connectivity index (χ0v) is 16.1. The van der Waals surface area contributed by atoms with Gasteiger partial charge in [0.15, 0.2) is 0 Å². The van der Waals surface area contributed by atoms with Crippen LogP contribution in [-0.4, -0.2) is 15.0 Å². The molecule has 1 aliphatic heterocycles. The van der Waals surface area contributed by atoms with Gasteiger partial charge in [0, 0.05) is 12.2 Å². The van der Waals surface area contributed by atoms with Crippen molar-refractivity contribution in [1.29, 1.82) is 5.26 Å². The molecule has 0 atom stereocenters. The monoisotopic (exact) mass is 398 g/mol. The Morgan fingerprint density at radius 3 is 2.33 bits per heavy atom. The Bertz CT molecular complexity index is 1310. The van der Waals surface area contributed by atoms with Crippen LogP contribution in [0, 0.1) is 11.3 Å². The first kappa shape index (κ1) is 18.1. The van der Waals surface area contributed by atoms with E-state index in [1.807, 2.05) is 54.6 Å². The fraction of sp³-hybridized carbons (Fsp3) is 0.217. The van der Waals surface area contributed by atoms with E-state index in [2.05, 4.69) is 5.32 Å². The maximum atomic E-state index is 12.9. The van der Waals surface area contributed by atoms with Crippen LogP contribution in [0.5, 0.6) is 0 Å². The van der Waals surface area contributed by atoms with Crippen LogP contribution in [0.1, 0.15) is 34.8 Å². The average molecular weight is 398 g/mol. The number of nitriles is 1. The number of amides is 1. The van der Waals surface area contributed by atoms with E-state index in [1.54, 1.807) is 0 Å². The minimum atomic E-state index is -0.696. The zero-order valence-electron chi connectivity index (χ0n) is 16.1. The van der Waals surface area contributed by atoms with Crippen LogP contribution in [-0.2, 0) is 24.3 Å². The molecule has 0 radical (unpaired) electrons. The third-order valence-corrected chi connectivity index (χ3v) is 5.88. The van der Waals surface area contributed by atoms with Crippen molar-refractivity contribution in [3.8, 4) is 17.2 Å². The summed E-state index contributed by atoms with van der Waals surface area (Å²) in [6.07, 6.45) is 1.23. The lowest BCUT2D eigenvalue weighted by atomic mass is 10.1. The summed E-state index contributed by atoms with van der Waals surface area (Å²) in [6.45, 7) is 0.0293. The molecule has 7 heteroatoms. The second-order valence-electron chi connectivity index (χ2n) is 7.54. The van der Waals surface area contributed by atoms with Gasteiger partial charge in [-0.25, -0.2) is 9.36 Å². The molecule has 1 aliphatic carbocycles. The molecule has 0 unspecified atom stereocenters. The second-order valence-corrected chi connectivity index (χ2v) is 7.54. The molecule has 148 valence electrons. The normalized spacial score (nSPS) is 14.0. The first-order valence-electron chi connectivity index (χ1n) is 9.84. The lowest BCUT2D eigenvalue weighted by molar-refractivity contribution is -0.122. The highest BCUT2D eigenvalue weighted by molar-refractivity contribution is 5.83. The first-order valence-corrected chi connectivity index (χ1v) is 9.84. The molecule has 3 aromatic rings. The number of carbonyl (C=O) groups excluding carboxylic acids is 1. The number of rotatable bonds is 3. The Labute approximate surface area is 171 Å². The minimum Gasteiger partial charge on any atom is -0.344 e. The highest BCUT2D eigenvalue weighted by atomic mass is 16.2. The molecule has 2 aromatic carbocycles. The molecule has 0 spiro atoms. The van der Waals surface area contributed by atoms with E-state index in [4.69, 9.17) is 0 Å². The number of hydrogen-bond donors (Lipinski definition) is 1. The van der Waals surface area contributed by atoms with Crippen LogP contribution < -0.4 is 16.6 Å². The van der Waals surface area contributed by atoms with Crippen molar-refractivity contribution >= 4 is 5.91 Å². The number of benzene rings is 2. The molecule has 5 rings (SSSR count). The van der Waals surface area contributed by atoms with Gasteiger partial charge in [-0.1, -0.05) is 48.5 Å². The van der Waals surface area contributed by atoms with E-state index in [1.165, 1.54) is 4.57 Å². The van der Waals surface area contributed by atoms with Gasteiger partial charge < -0.3 is 5.32 Å². The van der Waals surface area contributed by atoms with Crippen molar-refractivity contribution in [3.63, 3.8) is 0 Å². The molecular formula is C23H18N4O3. The Kier molecular flexibility index (Phi) is 4.14. The fourth-order valence-corrected chi connectivity index (χ4v) is 4.55. The molecule has 7 nitrogen and oxygen atoms in total. The number of aromatic nitrogens is 2. The molecule has 1 aromatic heterocycles. The summed E-state index contributed by atoms with van der Waals surface area (Å²) >= 11 is 0. The third kappa shape index (κ3) is 2.61. The van der Waals surface area contributed by atoms with Gasteiger partial charge >= 0.3 is 5.69 Å². The van der Waals surface area contributed by atoms with Crippen molar-refractivity contribution in [2.75, 3.05) is 0 Å². The lowest BCUT2D eigenvalue weighted by Crippen LogP contribution is -2.45. The summed E-state index contributed by atoms with van der Waals surface area (Å²) in [7, 11) is 0. The summed E-state index contributed by atoms with van der Waals surface area (Å²) in [5.74, 6) is -0.451. The second kappa shape index (κ2) is 6.85. The Hall–Kier alpha value is -3.92. The Morgan fingerprint density at radius 1 is 1.07 bits per heavy atom. The summed E-state index contributed by atoms with van der Waals surface area (Å²) in [5.41, 5.74) is 3.26. The minimum absolute atomic E-state index is 0.0449. The molecule has 0 saturated heterocycles. The van der Waals surface area contributed by atoms with E-state index in [0.29, 0.717) is 25.1 Å². The molecule has 2 aliphatic rings. The van der Waals surface area contributed by atoms with Gasteiger partial charge in [-0.15, -0.1) is 0 Å². The van der Waals surface area contributed by atoms with Gasteiger partial charge in [0.05, 0.1) is 6.04 Å². The molecular weight excluding hydrogens is 380 g/mol. The molecule has 0 saturated carbocycles. The lowest BCUT2D eigenvalue weighted by Gasteiger charge is -2.17. The van der Waals surface area contributed by atoms with Crippen LogP contribution in [0.15, 0.2) is 58.1 Å². The maximum absolute atomic E-state index is 12.9. The molecule has 0 bridgehead atoms. The number of nitrogens with one attached hydrogen (secondary N) is 1. The quantitative estimate of drug-likeness (QED) is 0.726. The highest BCUT2D eigenvalue weighted by Crippen LogP contribution is 2.42. The SMILES string of the molecule is N#Cc1c2n(c(=O)n(CC(=O)NC3c4ccccc4-c4ccccc43)c1=O)CCC2. The number of fused-ring (bicyclic) bond motifs is 4. The van der Waals surface area contributed by atoms with Gasteiger partial charge in [-0.05, 0) is 35.1 Å². The Balaban J connectivity index is 1.50. The smallest absolute Gasteiger partial charge is 0.331 e. The molecule has 2 heterocycles.